The van der Waals surface area contributed by atoms with E-state index in [0.717, 1.165) is 12.5 Å². The van der Waals surface area contributed by atoms with Crippen LogP contribution in [0.4, 0.5) is 0 Å². The molecule has 88 valence electrons. The van der Waals surface area contributed by atoms with Gasteiger partial charge in [0.25, 0.3) is 0 Å². The number of aryl methyl sites for hydroxylation is 1. The normalized spacial score (nSPS) is 22.2. The van der Waals surface area contributed by atoms with Gasteiger partial charge in [-0.1, -0.05) is 12.2 Å². The lowest BCUT2D eigenvalue weighted by Gasteiger charge is -2.20. The molecule has 16 heavy (non-hydrogen) atoms. The largest absolute Gasteiger partial charge is 0.308 e. The molecule has 0 saturated heterocycles. The van der Waals surface area contributed by atoms with Gasteiger partial charge in [-0.15, -0.1) is 11.3 Å². The Hall–Kier alpha value is -0.670. The molecule has 2 rings (SSSR count). The molecule has 1 aromatic heterocycles. The Morgan fingerprint density at radius 3 is 3.06 bits per heavy atom. The molecule has 0 radical (unpaired) electrons. The minimum atomic E-state index is 0.393. The first-order valence-electron chi connectivity index (χ1n) is 6.06. The van der Waals surface area contributed by atoms with Crippen molar-refractivity contribution in [3.63, 3.8) is 0 Å². The molecule has 1 aliphatic carbocycles. The molecule has 1 N–H and O–H groups in total. The van der Waals surface area contributed by atoms with E-state index in [1.54, 1.807) is 11.3 Å². The molecule has 1 heterocycles. The highest BCUT2D eigenvalue weighted by Crippen LogP contribution is 2.21. The predicted molar refractivity (Wildman–Crippen MR) is 69.7 cm³/mol. The van der Waals surface area contributed by atoms with Gasteiger partial charge in [0.1, 0.15) is 5.01 Å². The third-order valence-corrected chi connectivity index (χ3v) is 4.20. The fourth-order valence-corrected chi connectivity index (χ4v) is 2.85. The van der Waals surface area contributed by atoms with E-state index in [1.807, 2.05) is 6.20 Å². The van der Waals surface area contributed by atoms with Crippen molar-refractivity contribution < 1.29 is 0 Å². The van der Waals surface area contributed by atoms with Crippen molar-refractivity contribution in [1.82, 2.24) is 10.3 Å². The van der Waals surface area contributed by atoms with E-state index in [-0.39, 0.29) is 0 Å². The minimum Gasteiger partial charge on any atom is -0.308 e. The number of nitrogens with zero attached hydrogens (tertiary/aromatic N) is 1. The average molecular weight is 236 g/mol. The van der Waals surface area contributed by atoms with E-state index < -0.39 is 0 Å². The second kappa shape index (κ2) is 5.60. The van der Waals surface area contributed by atoms with E-state index in [0.29, 0.717) is 6.04 Å². The molecule has 0 aromatic carbocycles. The molecule has 2 unspecified atom stereocenters. The molecule has 0 fully saturated rings. The van der Waals surface area contributed by atoms with Crippen LogP contribution >= 0.6 is 11.3 Å². The zero-order valence-corrected chi connectivity index (χ0v) is 10.9. The fourth-order valence-electron chi connectivity index (χ4n) is 2.04. The number of thiazole rings is 1. The van der Waals surface area contributed by atoms with Gasteiger partial charge in [-0.2, -0.15) is 0 Å². The summed E-state index contributed by atoms with van der Waals surface area (Å²) in [5, 5.41) is 4.81. The van der Waals surface area contributed by atoms with E-state index in [2.05, 4.69) is 36.3 Å². The Morgan fingerprint density at radius 1 is 1.56 bits per heavy atom. The van der Waals surface area contributed by atoms with E-state index in [9.17, 15) is 0 Å². The highest BCUT2D eigenvalue weighted by atomic mass is 32.1. The van der Waals surface area contributed by atoms with Gasteiger partial charge in [0.15, 0.2) is 0 Å². The second-order valence-corrected chi connectivity index (χ2v) is 5.86. The maximum absolute atomic E-state index is 4.42. The third-order valence-electron chi connectivity index (χ3n) is 3.10. The van der Waals surface area contributed by atoms with Crippen molar-refractivity contribution >= 4 is 11.3 Å². The standard InChI is InChI=1S/C13H20N2S/c1-10-8-15-13(16-10)11(2)14-9-12-6-4-3-5-7-12/h3-4,8,11-12,14H,5-7,9H2,1-2H3. The summed E-state index contributed by atoms with van der Waals surface area (Å²) in [5.41, 5.74) is 0. The Morgan fingerprint density at radius 2 is 2.44 bits per heavy atom. The van der Waals surface area contributed by atoms with Crippen LogP contribution in [0.5, 0.6) is 0 Å². The van der Waals surface area contributed by atoms with Crippen LogP contribution in [0.1, 0.15) is 42.1 Å². The van der Waals surface area contributed by atoms with Gasteiger partial charge in [0, 0.05) is 11.1 Å². The van der Waals surface area contributed by atoms with Crippen molar-refractivity contribution in [2.75, 3.05) is 6.54 Å². The van der Waals surface area contributed by atoms with Crippen molar-refractivity contribution in [1.29, 1.82) is 0 Å². The maximum atomic E-state index is 4.42. The molecule has 0 spiro atoms. The van der Waals surface area contributed by atoms with Gasteiger partial charge in [-0.25, -0.2) is 4.98 Å². The first-order valence-corrected chi connectivity index (χ1v) is 6.88. The first-order chi connectivity index (χ1) is 7.75. The second-order valence-electron chi connectivity index (χ2n) is 4.59. The minimum absolute atomic E-state index is 0.393. The molecule has 0 bridgehead atoms. The van der Waals surface area contributed by atoms with E-state index in [4.69, 9.17) is 0 Å². The SMILES string of the molecule is Cc1cnc(C(C)NCC2CC=CCC2)s1. The summed E-state index contributed by atoms with van der Waals surface area (Å²) in [6.45, 7) is 5.43. The lowest BCUT2D eigenvalue weighted by molar-refractivity contribution is 0.415. The number of rotatable bonds is 4. The van der Waals surface area contributed by atoms with Crippen molar-refractivity contribution in [3.05, 3.63) is 28.2 Å². The lowest BCUT2D eigenvalue weighted by Crippen LogP contribution is -2.26. The number of nitrogens with one attached hydrogen (secondary N) is 1. The molecule has 2 nitrogen and oxygen atoms in total. The van der Waals surface area contributed by atoms with Crippen LogP contribution in [0.2, 0.25) is 0 Å². The summed E-state index contributed by atoms with van der Waals surface area (Å²) in [4.78, 5) is 5.72. The lowest BCUT2D eigenvalue weighted by atomic mass is 9.94. The number of hydrogen-bond donors (Lipinski definition) is 1. The third kappa shape index (κ3) is 3.16. The van der Waals surface area contributed by atoms with E-state index in [1.165, 1.54) is 29.1 Å². The van der Waals surface area contributed by atoms with Crippen LogP contribution in [0, 0.1) is 12.8 Å². The monoisotopic (exact) mass is 236 g/mol. The molecule has 3 heteroatoms. The van der Waals surface area contributed by atoms with Crippen LogP contribution in [-0.2, 0) is 0 Å². The summed E-state index contributed by atoms with van der Waals surface area (Å²) in [5.74, 6) is 0.813. The summed E-state index contributed by atoms with van der Waals surface area (Å²) in [7, 11) is 0. The van der Waals surface area contributed by atoms with Gasteiger partial charge < -0.3 is 5.32 Å². The summed E-state index contributed by atoms with van der Waals surface area (Å²) in [6.07, 6.45) is 10.4. The zero-order chi connectivity index (χ0) is 11.4. The number of aromatic nitrogens is 1. The first kappa shape index (κ1) is 11.8. The molecular formula is C13H20N2S. The fraction of sp³-hybridized carbons (Fsp3) is 0.615. The zero-order valence-electron chi connectivity index (χ0n) is 10.1. The molecule has 2 atom stereocenters. The molecule has 0 aliphatic heterocycles. The summed E-state index contributed by atoms with van der Waals surface area (Å²) in [6, 6.07) is 0.393. The highest BCUT2D eigenvalue weighted by Gasteiger charge is 2.13. The smallest absolute Gasteiger partial charge is 0.109 e. The Bertz CT molecular complexity index is 357. The van der Waals surface area contributed by atoms with Gasteiger partial charge in [-0.3, -0.25) is 0 Å². The van der Waals surface area contributed by atoms with E-state index >= 15 is 0 Å². The topological polar surface area (TPSA) is 24.9 Å². The Balaban J connectivity index is 1.79. The van der Waals surface area contributed by atoms with Crippen LogP contribution in [0.25, 0.3) is 0 Å². The van der Waals surface area contributed by atoms with Gasteiger partial charge >= 0.3 is 0 Å². The number of allylic oxidation sites excluding steroid dienone is 2. The molecule has 1 aromatic rings. The van der Waals surface area contributed by atoms with Gasteiger partial charge in [0.2, 0.25) is 0 Å². The quantitative estimate of drug-likeness (QED) is 0.810. The van der Waals surface area contributed by atoms with Gasteiger partial charge in [-0.05, 0) is 45.6 Å². The van der Waals surface area contributed by atoms with Crippen LogP contribution in [0.15, 0.2) is 18.3 Å². The average Bonchev–Trinajstić information content (AvgIpc) is 2.74. The Kier molecular flexibility index (Phi) is 4.13. The highest BCUT2D eigenvalue weighted by molar-refractivity contribution is 7.11. The number of hydrogen-bond acceptors (Lipinski definition) is 3. The summed E-state index contributed by atoms with van der Waals surface area (Å²) < 4.78 is 0. The molecular weight excluding hydrogens is 216 g/mol. The van der Waals surface area contributed by atoms with Gasteiger partial charge in [0.05, 0.1) is 6.04 Å². The van der Waals surface area contributed by atoms with Crippen molar-refractivity contribution in [2.24, 2.45) is 5.92 Å². The van der Waals surface area contributed by atoms with Crippen molar-refractivity contribution in [2.45, 2.75) is 39.2 Å². The predicted octanol–water partition coefficient (Wildman–Crippen LogP) is 3.46. The molecule has 0 amide bonds. The van der Waals surface area contributed by atoms with Crippen LogP contribution < -0.4 is 5.32 Å². The molecule has 0 saturated carbocycles. The molecule has 1 aliphatic rings. The van der Waals surface area contributed by atoms with Crippen LogP contribution in [0.3, 0.4) is 0 Å². The Labute approximate surface area is 102 Å². The summed E-state index contributed by atoms with van der Waals surface area (Å²) >= 11 is 1.79. The maximum Gasteiger partial charge on any atom is 0.109 e. The van der Waals surface area contributed by atoms with Crippen LogP contribution in [-0.4, -0.2) is 11.5 Å². The van der Waals surface area contributed by atoms with Crippen molar-refractivity contribution in [3.8, 4) is 0 Å².